The smallest absolute Gasteiger partial charge is 0.416 e. The fraction of sp³-hybridized carbons (Fsp3) is 0.368. The zero-order chi connectivity index (χ0) is 19.4. The van der Waals surface area contributed by atoms with E-state index in [9.17, 15) is 23.1 Å². The monoisotopic (exact) mass is 379 g/mol. The first kappa shape index (κ1) is 19.3. The number of aromatic nitrogens is 1. The quantitative estimate of drug-likeness (QED) is 0.866. The van der Waals surface area contributed by atoms with Gasteiger partial charge in [-0.1, -0.05) is 18.2 Å². The SMILES string of the molecule is O=C(O)C(c1cccc(C(F)(F)F)c1)N1CCN(Cc2cccnc2)CC1. The number of alkyl halides is 3. The molecule has 27 heavy (non-hydrogen) atoms. The van der Waals surface area contributed by atoms with Crippen molar-refractivity contribution in [2.45, 2.75) is 18.8 Å². The van der Waals surface area contributed by atoms with Crippen LogP contribution in [0.2, 0.25) is 0 Å². The molecule has 0 saturated carbocycles. The summed E-state index contributed by atoms with van der Waals surface area (Å²) in [5.41, 5.74) is 0.387. The van der Waals surface area contributed by atoms with Gasteiger partial charge in [-0.15, -0.1) is 0 Å². The number of hydrogen-bond acceptors (Lipinski definition) is 4. The second kappa shape index (κ2) is 8.06. The molecule has 0 amide bonds. The molecule has 0 aliphatic carbocycles. The molecular formula is C19H20F3N3O2. The van der Waals surface area contributed by atoms with Gasteiger partial charge in [0.1, 0.15) is 6.04 Å². The highest BCUT2D eigenvalue weighted by Crippen LogP contribution is 2.32. The van der Waals surface area contributed by atoms with Gasteiger partial charge in [0.15, 0.2) is 0 Å². The summed E-state index contributed by atoms with van der Waals surface area (Å²) in [5.74, 6) is -1.14. The van der Waals surface area contributed by atoms with Crippen LogP contribution in [0.5, 0.6) is 0 Å². The van der Waals surface area contributed by atoms with Crippen LogP contribution in [0, 0.1) is 0 Å². The molecule has 1 aliphatic heterocycles. The van der Waals surface area contributed by atoms with Crippen molar-refractivity contribution in [3.05, 3.63) is 65.5 Å². The Morgan fingerprint density at radius 3 is 2.48 bits per heavy atom. The van der Waals surface area contributed by atoms with Crippen molar-refractivity contribution < 1.29 is 23.1 Å². The Morgan fingerprint density at radius 1 is 1.15 bits per heavy atom. The van der Waals surface area contributed by atoms with Crippen molar-refractivity contribution in [1.82, 2.24) is 14.8 Å². The first-order valence-electron chi connectivity index (χ1n) is 8.60. The minimum absolute atomic E-state index is 0.151. The molecule has 5 nitrogen and oxygen atoms in total. The van der Waals surface area contributed by atoms with Gasteiger partial charge in [-0.05, 0) is 29.3 Å². The van der Waals surface area contributed by atoms with E-state index in [0.29, 0.717) is 32.7 Å². The Labute approximate surface area is 155 Å². The Hall–Kier alpha value is -2.45. The van der Waals surface area contributed by atoms with Gasteiger partial charge in [0.25, 0.3) is 0 Å². The molecule has 0 bridgehead atoms. The maximum absolute atomic E-state index is 13.0. The van der Waals surface area contributed by atoms with E-state index in [1.165, 1.54) is 12.1 Å². The maximum atomic E-state index is 13.0. The van der Waals surface area contributed by atoms with E-state index in [0.717, 1.165) is 17.7 Å². The van der Waals surface area contributed by atoms with E-state index in [1.54, 1.807) is 17.3 Å². The van der Waals surface area contributed by atoms with E-state index >= 15 is 0 Å². The molecule has 144 valence electrons. The summed E-state index contributed by atoms with van der Waals surface area (Å²) >= 11 is 0. The fourth-order valence-corrected chi connectivity index (χ4v) is 3.32. The fourth-order valence-electron chi connectivity index (χ4n) is 3.32. The number of aliphatic carboxylic acids is 1. The Kier molecular flexibility index (Phi) is 5.76. The predicted octanol–water partition coefficient (Wildman–Crippen LogP) is 3.04. The summed E-state index contributed by atoms with van der Waals surface area (Å²) in [5, 5.41) is 9.63. The van der Waals surface area contributed by atoms with Gasteiger partial charge in [-0.3, -0.25) is 19.6 Å². The zero-order valence-electron chi connectivity index (χ0n) is 14.6. The van der Waals surface area contributed by atoms with Crippen LogP contribution >= 0.6 is 0 Å². The summed E-state index contributed by atoms with van der Waals surface area (Å²) in [6, 6.07) is 7.33. The minimum Gasteiger partial charge on any atom is -0.480 e. The van der Waals surface area contributed by atoms with E-state index in [1.807, 2.05) is 12.1 Å². The highest BCUT2D eigenvalue weighted by Gasteiger charge is 2.34. The van der Waals surface area contributed by atoms with Gasteiger partial charge >= 0.3 is 12.1 Å². The van der Waals surface area contributed by atoms with Crippen LogP contribution < -0.4 is 0 Å². The van der Waals surface area contributed by atoms with Gasteiger partial charge in [0.05, 0.1) is 5.56 Å². The van der Waals surface area contributed by atoms with Gasteiger partial charge in [0.2, 0.25) is 0 Å². The van der Waals surface area contributed by atoms with Crippen LogP contribution in [-0.2, 0) is 17.5 Å². The lowest BCUT2D eigenvalue weighted by molar-refractivity contribution is -0.145. The van der Waals surface area contributed by atoms with Crippen molar-refractivity contribution in [1.29, 1.82) is 0 Å². The zero-order valence-corrected chi connectivity index (χ0v) is 14.6. The molecule has 1 saturated heterocycles. The topological polar surface area (TPSA) is 56.7 Å². The minimum atomic E-state index is -4.50. The predicted molar refractivity (Wildman–Crippen MR) is 92.9 cm³/mol. The highest BCUT2D eigenvalue weighted by molar-refractivity contribution is 5.75. The van der Waals surface area contributed by atoms with Crippen LogP contribution in [0.1, 0.15) is 22.7 Å². The molecule has 3 rings (SSSR count). The van der Waals surface area contributed by atoms with Crippen molar-refractivity contribution >= 4 is 5.97 Å². The van der Waals surface area contributed by atoms with Gasteiger partial charge in [-0.2, -0.15) is 13.2 Å². The number of carboxylic acids is 1. The number of benzene rings is 1. The first-order chi connectivity index (χ1) is 12.8. The average Bonchev–Trinajstić information content (AvgIpc) is 2.63. The number of rotatable bonds is 5. The standard InChI is InChI=1S/C19H20F3N3O2/c20-19(21,22)16-5-1-4-15(11-16)17(18(26)27)25-9-7-24(8-10-25)13-14-3-2-6-23-12-14/h1-6,11-12,17H,7-10,13H2,(H,26,27). The molecule has 0 spiro atoms. The van der Waals surface area contributed by atoms with Crippen LogP contribution in [-0.4, -0.2) is 52.0 Å². The average molecular weight is 379 g/mol. The van der Waals surface area contributed by atoms with Gasteiger partial charge in [0, 0.05) is 45.1 Å². The Bertz CT molecular complexity index is 775. The first-order valence-corrected chi connectivity index (χ1v) is 8.60. The molecular weight excluding hydrogens is 359 g/mol. The van der Waals surface area contributed by atoms with Crippen LogP contribution in [0.25, 0.3) is 0 Å². The Balaban J connectivity index is 1.70. The van der Waals surface area contributed by atoms with E-state index in [-0.39, 0.29) is 5.56 Å². The molecule has 1 aliphatic rings. The number of nitrogens with zero attached hydrogens (tertiary/aromatic N) is 3. The number of pyridine rings is 1. The lowest BCUT2D eigenvalue weighted by atomic mass is 10.0. The van der Waals surface area contributed by atoms with Crippen molar-refractivity contribution in [2.24, 2.45) is 0 Å². The second-order valence-corrected chi connectivity index (χ2v) is 6.54. The van der Waals surface area contributed by atoms with E-state index in [4.69, 9.17) is 0 Å². The number of hydrogen-bond donors (Lipinski definition) is 1. The number of piperazine rings is 1. The molecule has 1 aromatic carbocycles. The van der Waals surface area contributed by atoms with E-state index in [2.05, 4.69) is 9.88 Å². The summed E-state index contributed by atoms with van der Waals surface area (Å²) in [6.45, 7) is 2.92. The third-order valence-corrected chi connectivity index (χ3v) is 4.66. The summed E-state index contributed by atoms with van der Waals surface area (Å²) in [6.07, 6.45) is -1.01. The number of halogens is 3. The molecule has 2 heterocycles. The van der Waals surface area contributed by atoms with Crippen molar-refractivity contribution in [3.63, 3.8) is 0 Å². The summed E-state index contributed by atoms with van der Waals surface area (Å²) in [4.78, 5) is 19.8. The highest BCUT2D eigenvalue weighted by atomic mass is 19.4. The summed E-state index contributed by atoms with van der Waals surface area (Å²) in [7, 11) is 0. The molecule has 8 heteroatoms. The van der Waals surface area contributed by atoms with Crippen molar-refractivity contribution in [3.8, 4) is 0 Å². The number of carbonyl (C=O) groups is 1. The molecule has 1 N–H and O–H groups in total. The summed E-state index contributed by atoms with van der Waals surface area (Å²) < 4.78 is 38.9. The maximum Gasteiger partial charge on any atom is 0.416 e. The third-order valence-electron chi connectivity index (χ3n) is 4.66. The lowest BCUT2D eigenvalue weighted by Crippen LogP contribution is -2.48. The molecule has 1 fully saturated rings. The van der Waals surface area contributed by atoms with Crippen LogP contribution in [0.3, 0.4) is 0 Å². The third kappa shape index (κ3) is 4.84. The van der Waals surface area contributed by atoms with Crippen LogP contribution in [0.15, 0.2) is 48.8 Å². The lowest BCUT2D eigenvalue weighted by Gasteiger charge is -2.38. The second-order valence-electron chi connectivity index (χ2n) is 6.54. The normalized spacial score (nSPS) is 17.6. The number of carboxylic acid groups (broad SMARTS) is 1. The molecule has 0 radical (unpaired) electrons. The largest absolute Gasteiger partial charge is 0.480 e. The molecule has 1 aromatic heterocycles. The van der Waals surface area contributed by atoms with E-state index < -0.39 is 23.8 Å². The molecule has 1 atom stereocenters. The van der Waals surface area contributed by atoms with Gasteiger partial charge < -0.3 is 5.11 Å². The van der Waals surface area contributed by atoms with Crippen LogP contribution in [0.4, 0.5) is 13.2 Å². The van der Waals surface area contributed by atoms with Crippen molar-refractivity contribution in [2.75, 3.05) is 26.2 Å². The Morgan fingerprint density at radius 2 is 1.89 bits per heavy atom. The molecule has 2 aromatic rings. The van der Waals surface area contributed by atoms with Gasteiger partial charge in [-0.25, -0.2) is 0 Å². The molecule has 1 unspecified atom stereocenters.